The zero-order valence-corrected chi connectivity index (χ0v) is 17.7. The van der Waals surface area contributed by atoms with Gasteiger partial charge in [-0.05, 0) is 23.6 Å². The van der Waals surface area contributed by atoms with Crippen LogP contribution in [0.25, 0.3) is 22.0 Å². The highest BCUT2D eigenvalue weighted by atomic mass is 16.5. The fraction of sp³-hybridized carbons (Fsp3) is 0.192. The number of fused-ring (bicyclic) bond motifs is 1. The van der Waals surface area contributed by atoms with Gasteiger partial charge in [0.05, 0.1) is 5.69 Å². The van der Waals surface area contributed by atoms with Gasteiger partial charge in [0.2, 0.25) is 0 Å². The molecule has 1 saturated heterocycles. The lowest BCUT2D eigenvalue weighted by Gasteiger charge is -2.35. The Bertz CT molecular complexity index is 1200. The zero-order chi connectivity index (χ0) is 21.8. The van der Waals surface area contributed by atoms with Gasteiger partial charge in [-0.25, -0.2) is 0 Å². The van der Waals surface area contributed by atoms with Gasteiger partial charge in [-0.1, -0.05) is 66.7 Å². The number of nitrogens with zero attached hydrogens (tertiary/aromatic N) is 4. The maximum absolute atomic E-state index is 12.7. The summed E-state index contributed by atoms with van der Waals surface area (Å²) >= 11 is 0. The van der Waals surface area contributed by atoms with E-state index in [1.807, 2.05) is 89.8 Å². The van der Waals surface area contributed by atoms with Gasteiger partial charge in [0.25, 0.3) is 5.91 Å². The molecule has 1 fully saturated rings. The Balaban J connectivity index is 1.16. The Hall–Kier alpha value is -3.93. The Morgan fingerprint density at radius 2 is 1.53 bits per heavy atom. The van der Waals surface area contributed by atoms with Gasteiger partial charge in [-0.15, -0.1) is 10.2 Å². The standard InChI is InChI=1S/C26H24N4O2/c31-26(19-32-24-12-6-10-20-7-4-5-11-22(20)24)30-17-15-29(16-18-30)25-14-13-23(27-28-25)21-8-2-1-3-9-21/h1-14H,15-19H2. The van der Waals surface area contributed by atoms with Crippen molar-refractivity contribution in [3.05, 3.63) is 84.9 Å². The monoisotopic (exact) mass is 424 g/mol. The first-order valence-corrected chi connectivity index (χ1v) is 10.8. The first kappa shape index (κ1) is 20.0. The van der Waals surface area contributed by atoms with Gasteiger partial charge in [0.1, 0.15) is 5.75 Å². The van der Waals surface area contributed by atoms with Crippen LogP contribution in [0.2, 0.25) is 0 Å². The molecule has 1 aromatic heterocycles. The van der Waals surface area contributed by atoms with Crippen molar-refractivity contribution >= 4 is 22.5 Å². The van der Waals surface area contributed by atoms with E-state index in [0.29, 0.717) is 13.1 Å². The molecule has 5 rings (SSSR count). The van der Waals surface area contributed by atoms with Crippen LogP contribution in [0.15, 0.2) is 84.9 Å². The third kappa shape index (κ3) is 4.25. The Morgan fingerprint density at radius 1 is 0.781 bits per heavy atom. The minimum Gasteiger partial charge on any atom is -0.483 e. The Labute approximate surface area is 187 Å². The first-order chi connectivity index (χ1) is 15.8. The van der Waals surface area contributed by atoms with Crippen molar-refractivity contribution in [2.75, 3.05) is 37.7 Å². The van der Waals surface area contributed by atoms with Gasteiger partial charge < -0.3 is 14.5 Å². The van der Waals surface area contributed by atoms with E-state index in [1.165, 1.54) is 0 Å². The highest BCUT2D eigenvalue weighted by Gasteiger charge is 2.22. The maximum Gasteiger partial charge on any atom is 0.260 e. The summed E-state index contributed by atoms with van der Waals surface area (Å²) in [6.45, 7) is 2.76. The molecule has 4 aromatic rings. The minimum atomic E-state index is 0.00286. The average Bonchev–Trinajstić information content (AvgIpc) is 2.88. The van der Waals surface area contributed by atoms with Gasteiger partial charge in [-0.3, -0.25) is 4.79 Å². The second-order valence-corrected chi connectivity index (χ2v) is 7.78. The predicted molar refractivity (Wildman–Crippen MR) is 126 cm³/mol. The molecule has 0 radical (unpaired) electrons. The van der Waals surface area contributed by atoms with Crippen LogP contribution in [-0.2, 0) is 4.79 Å². The van der Waals surface area contributed by atoms with Gasteiger partial charge in [-0.2, -0.15) is 0 Å². The topological polar surface area (TPSA) is 58.6 Å². The second kappa shape index (κ2) is 9.06. The molecule has 6 nitrogen and oxygen atoms in total. The molecule has 0 unspecified atom stereocenters. The highest BCUT2D eigenvalue weighted by molar-refractivity contribution is 5.88. The van der Waals surface area contributed by atoms with E-state index in [9.17, 15) is 4.79 Å². The molecule has 2 heterocycles. The molecular weight excluding hydrogens is 400 g/mol. The molecule has 0 N–H and O–H groups in total. The molecule has 0 atom stereocenters. The molecule has 6 heteroatoms. The van der Waals surface area contributed by atoms with Crippen LogP contribution in [0.3, 0.4) is 0 Å². The number of ether oxygens (including phenoxy) is 1. The van der Waals surface area contributed by atoms with Gasteiger partial charge in [0.15, 0.2) is 12.4 Å². The van der Waals surface area contributed by atoms with Crippen molar-refractivity contribution in [1.29, 1.82) is 0 Å². The number of rotatable bonds is 5. The normalized spacial score (nSPS) is 13.9. The van der Waals surface area contributed by atoms with E-state index in [2.05, 4.69) is 15.1 Å². The molecule has 1 amide bonds. The number of anilines is 1. The number of amides is 1. The van der Waals surface area contributed by atoms with Crippen molar-refractivity contribution in [3.8, 4) is 17.0 Å². The number of piperazine rings is 1. The van der Waals surface area contributed by atoms with Crippen LogP contribution in [0.4, 0.5) is 5.82 Å². The number of carbonyl (C=O) groups excluding carboxylic acids is 1. The molecule has 0 aliphatic carbocycles. The molecular formula is C26H24N4O2. The number of benzene rings is 3. The summed E-state index contributed by atoms with van der Waals surface area (Å²) in [4.78, 5) is 16.7. The predicted octanol–water partition coefficient (Wildman–Crippen LogP) is 4.02. The van der Waals surface area contributed by atoms with E-state index in [1.54, 1.807) is 0 Å². The maximum atomic E-state index is 12.7. The van der Waals surface area contributed by atoms with Crippen molar-refractivity contribution in [2.24, 2.45) is 0 Å². The van der Waals surface area contributed by atoms with Gasteiger partial charge in [0, 0.05) is 37.1 Å². The highest BCUT2D eigenvalue weighted by Crippen LogP contribution is 2.25. The van der Waals surface area contributed by atoms with Crippen LogP contribution < -0.4 is 9.64 Å². The molecule has 0 bridgehead atoms. The fourth-order valence-electron chi connectivity index (χ4n) is 3.99. The largest absolute Gasteiger partial charge is 0.483 e. The lowest BCUT2D eigenvalue weighted by Crippen LogP contribution is -2.50. The van der Waals surface area contributed by atoms with Crippen molar-refractivity contribution in [2.45, 2.75) is 0 Å². The summed E-state index contributed by atoms with van der Waals surface area (Å²) in [5.74, 6) is 1.58. The quantitative estimate of drug-likeness (QED) is 0.484. The number of carbonyl (C=O) groups is 1. The van der Waals surface area contributed by atoms with E-state index in [0.717, 1.165) is 46.7 Å². The number of hydrogen-bond acceptors (Lipinski definition) is 5. The van der Waals surface area contributed by atoms with E-state index in [-0.39, 0.29) is 12.5 Å². The number of aromatic nitrogens is 2. The lowest BCUT2D eigenvalue weighted by molar-refractivity contribution is -0.133. The van der Waals surface area contributed by atoms with Crippen molar-refractivity contribution in [1.82, 2.24) is 15.1 Å². The van der Waals surface area contributed by atoms with Crippen molar-refractivity contribution < 1.29 is 9.53 Å². The summed E-state index contributed by atoms with van der Waals surface area (Å²) in [5.41, 5.74) is 1.90. The van der Waals surface area contributed by atoms with Crippen LogP contribution in [-0.4, -0.2) is 53.8 Å². The van der Waals surface area contributed by atoms with Crippen LogP contribution in [0.1, 0.15) is 0 Å². The SMILES string of the molecule is O=C(COc1cccc2ccccc12)N1CCN(c2ccc(-c3ccccc3)nn2)CC1. The summed E-state index contributed by atoms with van der Waals surface area (Å²) in [6, 6.07) is 27.9. The van der Waals surface area contributed by atoms with E-state index < -0.39 is 0 Å². The molecule has 32 heavy (non-hydrogen) atoms. The van der Waals surface area contributed by atoms with E-state index >= 15 is 0 Å². The Kier molecular flexibility index (Phi) is 5.66. The third-order valence-electron chi connectivity index (χ3n) is 5.78. The average molecular weight is 425 g/mol. The molecule has 0 saturated carbocycles. The van der Waals surface area contributed by atoms with Gasteiger partial charge >= 0.3 is 0 Å². The summed E-state index contributed by atoms with van der Waals surface area (Å²) in [5, 5.41) is 10.9. The molecule has 0 spiro atoms. The summed E-state index contributed by atoms with van der Waals surface area (Å²) < 4.78 is 5.87. The molecule has 1 aliphatic heterocycles. The molecule has 3 aromatic carbocycles. The third-order valence-corrected chi connectivity index (χ3v) is 5.78. The number of hydrogen-bond donors (Lipinski definition) is 0. The molecule has 1 aliphatic rings. The van der Waals surface area contributed by atoms with Crippen LogP contribution in [0.5, 0.6) is 5.75 Å². The minimum absolute atomic E-state index is 0.00286. The fourth-order valence-corrected chi connectivity index (χ4v) is 3.99. The van der Waals surface area contributed by atoms with Crippen molar-refractivity contribution in [3.63, 3.8) is 0 Å². The second-order valence-electron chi connectivity index (χ2n) is 7.78. The summed E-state index contributed by atoms with van der Waals surface area (Å²) in [6.07, 6.45) is 0. The Morgan fingerprint density at radius 3 is 2.31 bits per heavy atom. The van der Waals surface area contributed by atoms with E-state index in [4.69, 9.17) is 4.74 Å². The first-order valence-electron chi connectivity index (χ1n) is 10.8. The lowest BCUT2D eigenvalue weighted by atomic mass is 10.1. The smallest absolute Gasteiger partial charge is 0.260 e. The van der Waals surface area contributed by atoms with Crippen LogP contribution in [0, 0.1) is 0 Å². The molecule has 160 valence electrons. The summed E-state index contributed by atoms with van der Waals surface area (Å²) in [7, 11) is 0. The van der Waals surface area contributed by atoms with Crippen LogP contribution >= 0.6 is 0 Å². The zero-order valence-electron chi connectivity index (χ0n) is 17.7.